The summed E-state index contributed by atoms with van der Waals surface area (Å²) >= 11 is 0. The van der Waals surface area contributed by atoms with E-state index in [4.69, 9.17) is 0 Å². The van der Waals surface area contributed by atoms with Crippen LogP contribution in [0, 0.1) is 13.8 Å². The van der Waals surface area contributed by atoms with E-state index in [0.717, 1.165) is 13.1 Å². The molecule has 6 nitrogen and oxygen atoms in total. The molecule has 30 heavy (non-hydrogen) atoms. The summed E-state index contributed by atoms with van der Waals surface area (Å²) in [5.41, 5.74) is 4.31. The van der Waals surface area contributed by atoms with Gasteiger partial charge in [-0.05, 0) is 49.6 Å². The summed E-state index contributed by atoms with van der Waals surface area (Å²) in [4.78, 5) is 34.9. The number of piperazine rings is 1. The summed E-state index contributed by atoms with van der Waals surface area (Å²) in [6.45, 7) is 9.09. The number of benzene rings is 2. The molecule has 3 aromatic rings. The molecule has 6 heteroatoms. The molecule has 1 atom stereocenters. The zero-order valence-corrected chi connectivity index (χ0v) is 17.8. The Morgan fingerprint density at radius 1 is 1.03 bits per heavy atom. The molecule has 4 rings (SSSR count). The summed E-state index contributed by atoms with van der Waals surface area (Å²) in [6, 6.07) is 13.1. The fourth-order valence-electron chi connectivity index (χ4n) is 4.25. The van der Waals surface area contributed by atoms with E-state index >= 15 is 0 Å². The van der Waals surface area contributed by atoms with Gasteiger partial charge in [-0.2, -0.15) is 0 Å². The van der Waals surface area contributed by atoms with Crippen molar-refractivity contribution in [1.82, 2.24) is 14.5 Å². The van der Waals surface area contributed by atoms with Crippen LogP contribution in [-0.2, 0) is 4.79 Å². The van der Waals surface area contributed by atoms with E-state index in [0.29, 0.717) is 30.4 Å². The Morgan fingerprint density at radius 2 is 1.77 bits per heavy atom. The summed E-state index contributed by atoms with van der Waals surface area (Å²) in [5.74, 6) is -0.00250. The van der Waals surface area contributed by atoms with Crippen molar-refractivity contribution in [3.05, 3.63) is 70.3 Å². The fourth-order valence-corrected chi connectivity index (χ4v) is 4.25. The molecule has 0 radical (unpaired) electrons. The van der Waals surface area contributed by atoms with Gasteiger partial charge < -0.3 is 9.80 Å². The lowest BCUT2D eigenvalue weighted by Crippen LogP contribution is -2.51. The standard InChI is InChI=1S/C24H28N4O2/c1-4-21(28-16-25-20-10-6-5-9-19(20)23(28)29)24(30)27-14-12-26(13-15-27)22-11-7-8-17(2)18(22)3/h5-11,16,21H,4,12-15H2,1-3H3/t21-/m1/s1. The molecular formula is C24H28N4O2. The predicted molar refractivity (Wildman–Crippen MR) is 120 cm³/mol. The quantitative estimate of drug-likeness (QED) is 0.669. The third kappa shape index (κ3) is 3.58. The first-order valence-corrected chi connectivity index (χ1v) is 10.6. The van der Waals surface area contributed by atoms with E-state index in [1.807, 2.05) is 30.0 Å². The van der Waals surface area contributed by atoms with Crippen molar-refractivity contribution in [3.8, 4) is 0 Å². The normalized spacial score (nSPS) is 15.4. The van der Waals surface area contributed by atoms with Crippen LogP contribution >= 0.6 is 0 Å². The Labute approximate surface area is 176 Å². The molecule has 0 saturated carbocycles. The van der Waals surface area contributed by atoms with Crippen LogP contribution in [0.25, 0.3) is 10.9 Å². The van der Waals surface area contributed by atoms with E-state index in [9.17, 15) is 9.59 Å². The highest BCUT2D eigenvalue weighted by Gasteiger charge is 2.29. The number of aryl methyl sites for hydroxylation is 1. The highest BCUT2D eigenvalue weighted by Crippen LogP contribution is 2.25. The third-order valence-electron chi connectivity index (χ3n) is 6.21. The third-order valence-corrected chi connectivity index (χ3v) is 6.21. The Hall–Kier alpha value is -3.15. The SMILES string of the molecule is CC[C@H](C(=O)N1CCN(c2cccc(C)c2C)CC1)n1cnc2ccccc2c1=O. The van der Waals surface area contributed by atoms with Crippen LogP contribution in [0.3, 0.4) is 0 Å². The molecule has 1 amide bonds. The second-order valence-electron chi connectivity index (χ2n) is 7.93. The van der Waals surface area contributed by atoms with Crippen LogP contribution in [-0.4, -0.2) is 46.5 Å². The van der Waals surface area contributed by atoms with Crippen molar-refractivity contribution in [2.75, 3.05) is 31.1 Å². The largest absolute Gasteiger partial charge is 0.368 e. The fraction of sp³-hybridized carbons (Fsp3) is 0.375. The second kappa shape index (κ2) is 8.30. The predicted octanol–water partition coefficient (Wildman–Crippen LogP) is 3.31. The van der Waals surface area contributed by atoms with Gasteiger partial charge in [-0.15, -0.1) is 0 Å². The Bertz CT molecular complexity index is 1130. The zero-order valence-electron chi connectivity index (χ0n) is 17.8. The van der Waals surface area contributed by atoms with Gasteiger partial charge in [0, 0.05) is 31.9 Å². The van der Waals surface area contributed by atoms with Gasteiger partial charge in [0.25, 0.3) is 5.56 Å². The average molecular weight is 405 g/mol. The molecule has 0 aliphatic carbocycles. The van der Waals surface area contributed by atoms with Crippen molar-refractivity contribution in [2.45, 2.75) is 33.2 Å². The molecule has 2 aromatic carbocycles. The number of amides is 1. The molecule has 1 aliphatic heterocycles. The summed E-state index contributed by atoms with van der Waals surface area (Å²) in [5, 5.41) is 0.547. The maximum absolute atomic E-state index is 13.3. The number of para-hydroxylation sites is 1. The molecule has 0 N–H and O–H groups in total. The minimum atomic E-state index is -0.526. The smallest absolute Gasteiger partial charge is 0.261 e. The van der Waals surface area contributed by atoms with Crippen molar-refractivity contribution in [3.63, 3.8) is 0 Å². The van der Waals surface area contributed by atoms with Crippen LogP contribution in [0.5, 0.6) is 0 Å². The van der Waals surface area contributed by atoms with E-state index in [2.05, 4.69) is 41.9 Å². The van der Waals surface area contributed by atoms with E-state index in [-0.39, 0.29) is 11.5 Å². The van der Waals surface area contributed by atoms with Crippen LogP contribution in [0.15, 0.2) is 53.6 Å². The summed E-state index contributed by atoms with van der Waals surface area (Å²) in [7, 11) is 0. The minimum absolute atomic E-state index is 0.00250. The molecule has 1 saturated heterocycles. The maximum atomic E-state index is 13.3. The number of aromatic nitrogens is 2. The Balaban J connectivity index is 1.52. The van der Waals surface area contributed by atoms with Crippen LogP contribution < -0.4 is 10.5 Å². The number of fused-ring (bicyclic) bond motifs is 1. The number of carbonyl (C=O) groups excluding carboxylic acids is 1. The lowest BCUT2D eigenvalue weighted by atomic mass is 10.1. The lowest BCUT2D eigenvalue weighted by Gasteiger charge is -2.38. The van der Waals surface area contributed by atoms with Gasteiger partial charge in [0.15, 0.2) is 0 Å². The van der Waals surface area contributed by atoms with E-state index < -0.39 is 6.04 Å². The molecule has 156 valence electrons. The van der Waals surface area contributed by atoms with E-state index in [1.54, 1.807) is 6.07 Å². The molecule has 1 aromatic heterocycles. The molecular weight excluding hydrogens is 376 g/mol. The molecule has 1 aliphatic rings. The van der Waals surface area contributed by atoms with Gasteiger partial charge in [-0.25, -0.2) is 4.98 Å². The van der Waals surface area contributed by atoms with Gasteiger partial charge in [0.05, 0.1) is 17.2 Å². The summed E-state index contributed by atoms with van der Waals surface area (Å²) < 4.78 is 1.50. The maximum Gasteiger partial charge on any atom is 0.261 e. The van der Waals surface area contributed by atoms with Crippen molar-refractivity contribution < 1.29 is 4.79 Å². The van der Waals surface area contributed by atoms with Gasteiger partial charge in [-0.1, -0.05) is 31.2 Å². The molecule has 0 unspecified atom stereocenters. The van der Waals surface area contributed by atoms with Gasteiger partial charge >= 0.3 is 0 Å². The molecule has 0 spiro atoms. The van der Waals surface area contributed by atoms with Crippen LogP contribution in [0.1, 0.15) is 30.5 Å². The first kappa shape index (κ1) is 20.1. The van der Waals surface area contributed by atoms with Crippen LogP contribution in [0.4, 0.5) is 5.69 Å². The number of rotatable bonds is 4. The van der Waals surface area contributed by atoms with Gasteiger partial charge in [0.2, 0.25) is 5.91 Å². The highest BCUT2D eigenvalue weighted by atomic mass is 16.2. The highest BCUT2D eigenvalue weighted by molar-refractivity contribution is 5.82. The first-order chi connectivity index (χ1) is 14.5. The molecule has 0 bridgehead atoms. The van der Waals surface area contributed by atoms with Crippen LogP contribution in [0.2, 0.25) is 0 Å². The van der Waals surface area contributed by atoms with Crippen molar-refractivity contribution in [1.29, 1.82) is 0 Å². The first-order valence-electron chi connectivity index (χ1n) is 10.6. The number of carbonyl (C=O) groups is 1. The Kier molecular flexibility index (Phi) is 5.57. The second-order valence-corrected chi connectivity index (χ2v) is 7.93. The molecule has 2 heterocycles. The van der Waals surface area contributed by atoms with E-state index in [1.165, 1.54) is 27.7 Å². The monoisotopic (exact) mass is 404 g/mol. The number of hydrogen-bond acceptors (Lipinski definition) is 4. The number of nitrogens with zero attached hydrogens (tertiary/aromatic N) is 4. The van der Waals surface area contributed by atoms with Crippen molar-refractivity contribution >= 4 is 22.5 Å². The summed E-state index contributed by atoms with van der Waals surface area (Å²) in [6.07, 6.45) is 2.07. The topological polar surface area (TPSA) is 58.4 Å². The van der Waals surface area contributed by atoms with Crippen molar-refractivity contribution in [2.24, 2.45) is 0 Å². The number of hydrogen-bond donors (Lipinski definition) is 0. The Morgan fingerprint density at radius 3 is 2.50 bits per heavy atom. The molecule has 1 fully saturated rings. The minimum Gasteiger partial charge on any atom is -0.368 e. The van der Waals surface area contributed by atoms with Gasteiger partial charge in [0.1, 0.15) is 6.04 Å². The average Bonchev–Trinajstić information content (AvgIpc) is 2.78. The van der Waals surface area contributed by atoms with Gasteiger partial charge in [-0.3, -0.25) is 14.2 Å². The lowest BCUT2D eigenvalue weighted by molar-refractivity contribution is -0.135. The number of anilines is 1. The zero-order chi connectivity index (χ0) is 21.3.